The Kier molecular flexibility index (Phi) is 3.80. The van der Waals surface area contributed by atoms with E-state index in [4.69, 9.17) is 10.5 Å². The average molecular weight is 214 g/mol. The highest BCUT2D eigenvalue weighted by atomic mass is 16.5. The molecule has 1 aliphatic rings. The Labute approximate surface area is 94.0 Å². The second-order valence-electron chi connectivity index (χ2n) is 6.04. The Morgan fingerprint density at radius 3 is 2.33 bits per heavy atom. The van der Waals surface area contributed by atoms with Crippen molar-refractivity contribution in [3.63, 3.8) is 0 Å². The van der Waals surface area contributed by atoms with Crippen LogP contribution in [0, 0.1) is 5.41 Å². The van der Waals surface area contributed by atoms with Crippen LogP contribution >= 0.6 is 0 Å². The number of rotatable bonds is 4. The highest BCUT2D eigenvalue weighted by Crippen LogP contribution is 2.30. The molecule has 0 saturated carbocycles. The van der Waals surface area contributed by atoms with E-state index in [1.807, 2.05) is 0 Å². The van der Waals surface area contributed by atoms with Crippen molar-refractivity contribution in [2.75, 3.05) is 26.8 Å². The van der Waals surface area contributed by atoms with Crippen molar-refractivity contribution >= 4 is 0 Å². The Morgan fingerprint density at radius 2 is 1.93 bits per heavy atom. The zero-order valence-corrected chi connectivity index (χ0v) is 10.8. The molecule has 0 bridgehead atoms. The molecule has 0 aromatic carbocycles. The summed E-state index contributed by atoms with van der Waals surface area (Å²) >= 11 is 0. The van der Waals surface area contributed by atoms with Crippen LogP contribution in [0.25, 0.3) is 0 Å². The molecule has 1 atom stereocenters. The predicted octanol–water partition coefficient (Wildman–Crippen LogP) is 1.47. The first kappa shape index (κ1) is 12.9. The lowest BCUT2D eigenvalue weighted by atomic mass is 9.75. The van der Waals surface area contributed by atoms with Gasteiger partial charge in [0.25, 0.3) is 0 Å². The molecule has 15 heavy (non-hydrogen) atoms. The molecular formula is C12H26N2O. The van der Waals surface area contributed by atoms with Crippen molar-refractivity contribution in [1.29, 1.82) is 0 Å². The summed E-state index contributed by atoms with van der Waals surface area (Å²) in [6.45, 7) is 11.5. The van der Waals surface area contributed by atoms with Gasteiger partial charge in [0.1, 0.15) is 0 Å². The average Bonchev–Trinajstić information content (AvgIpc) is 2.51. The van der Waals surface area contributed by atoms with E-state index in [-0.39, 0.29) is 11.0 Å². The van der Waals surface area contributed by atoms with Crippen molar-refractivity contribution in [1.82, 2.24) is 4.90 Å². The number of hydrogen-bond acceptors (Lipinski definition) is 3. The number of ether oxygens (including phenoxy) is 1. The quantitative estimate of drug-likeness (QED) is 0.770. The lowest BCUT2D eigenvalue weighted by molar-refractivity contribution is 0.0924. The first-order valence-corrected chi connectivity index (χ1v) is 5.81. The zero-order valence-electron chi connectivity index (χ0n) is 10.8. The Balaban J connectivity index is 2.52. The molecule has 2 N–H and O–H groups in total. The topological polar surface area (TPSA) is 38.5 Å². The molecule has 1 heterocycles. The zero-order chi connectivity index (χ0) is 11.7. The highest BCUT2D eigenvalue weighted by molar-refractivity contribution is 4.93. The Bertz CT molecular complexity index is 202. The third kappa shape index (κ3) is 3.16. The van der Waals surface area contributed by atoms with Gasteiger partial charge in [-0.3, -0.25) is 0 Å². The van der Waals surface area contributed by atoms with Crippen LogP contribution in [-0.4, -0.2) is 43.3 Å². The summed E-state index contributed by atoms with van der Waals surface area (Å²) in [5.41, 5.74) is 6.17. The molecule has 1 rings (SSSR count). The molecule has 0 aromatic heterocycles. The fourth-order valence-electron chi connectivity index (χ4n) is 1.83. The first-order chi connectivity index (χ1) is 6.74. The van der Waals surface area contributed by atoms with Gasteiger partial charge in [-0.25, -0.2) is 0 Å². The molecule has 0 amide bonds. The number of nitrogens with zero attached hydrogens (tertiary/aromatic N) is 1. The maximum atomic E-state index is 6.20. The fourth-order valence-corrected chi connectivity index (χ4v) is 1.83. The van der Waals surface area contributed by atoms with Gasteiger partial charge in [0, 0.05) is 24.7 Å². The predicted molar refractivity (Wildman–Crippen MR) is 63.9 cm³/mol. The van der Waals surface area contributed by atoms with E-state index in [9.17, 15) is 0 Å². The number of likely N-dealkylation sites (N-methyl/N-ethyl adjacent to an activating group) is 1. The van der Waals surface area contributed by atoms with Crippen LogP contribution in [0.15, 0.2) is 0 Å². The molecule has 0 aromatic rings. The molecular weight excluding hydrogens is 188 g/mol. The molecule has 90 valence electrons. The Morgan fingerprint density at radius 1 is 1.33 bits per heavy atom. The van der Waals surface area contributed by atoms with E-state index in [1.54, 1.807) is 0 Å². The van der Waals surface area contributed by atoms with Gasteiger partial charge in [0.15, 0.2) is 0 Å². The van der Waals surface area contributed by atoms with Gasteiger partial charge in [-0.2, -0.15) is 0 Å². The third-order valence-corrected chi connectivity index (χ3v) is 3.92. The van der Waals surface area contributed by atoms with Crippen molar-refractivity contribution in [2.24, 2.45) is 11.1 Å². The second-order valence-corrected chi connectivity index (χ2v) is 6.04. The fraction of sp³-hybridized carbons (Fsp3) is 1.00. The van der Waals surface area contributed by atoms with Crippen molar-refractivity contribution < 1.29 is 4.74 Å². The van der Waals surface area contributed by atoms with Crippen LogP contribution < -0.4 is 5.73 Å². The second kappa shape index (κ2) is 4.40. The number of hydrogen-bond donors (Lipinski definition) is 1. The molecule has 1 saturated heterocycles. The summed E-state index contributed by atoms with van der Waals surface area (Å²) in [5, 5.41) is 0. The standard InChI is InChI=1S/C12H26N2O/c1-11(2,12(3,4)13)9-14(5)10-6-7-15-8-10/h10H,6-9,13H2,1-5H3. The van der Waals surface area contributed by atoms with Gasteiger partial charge < -0.3 is 15.4 Å². The molecule has 3 heteroatoms. The number of nitrogens with two attached hydrogens (primary N) is 1. The Hall–Kier alpha value is -0.120. The molecule has 1 unspecified atom stereocenters. The van der Waals surface area contributed by atoms with E-state index < -0.39 is 0 Å². The van der Waals surface area contributed by atoms with Gasteiger partial charge in [-0.15, -0.1) is 0 Å². The monoisotopic (exact) mass is 214 g/mol. The summed E-state index contributed by atoms with van der Waals surface area (Å²) < 4.78 is 5.41. The molecule has 0 radical (unpaired) electrons. The van der Waals surface area contributed by atoms with E-state index in [1.165, 1.54) is 0 Å². The van der Waals surface area contributed by atoms with Gasteiger partial charge in [-0.05, 0) is 32.7 Å². The van der Waals surface area contributed by atoms with Gasteiger partial charge in [0.2, 0.25) is 0 Å². The van der Waals surface area contributed by atoms with Crippen LogP contribution in [0.4, 0.5) is 0 Å². The van der Waals surface area contributed by atoms with Gasteiger partial charge in [0.05, 0.1) is 6.61 Å². The van der Waals surface area contributed by atoms with Crippen LogP contribution in [-0.2, 0) is 4.74 Å². The van der Waals surface area contributed by atoms with E-state index >= 15 is 0 Å². The van der Waals surface area contributed by atoms with E-state index in [0.29, 0.717) is 6.04 Å². The van der Waals surface area contributed by atoms with Crippen LogP contribution in [0.1, 0.15) is 34.1 Å². The van der Waals surface area contributed by atoms with E-state index in [0.717, 1.165) is 26.2 Å². The van der Waals surface area contributed by atoms with Crippen molar-refractivity contribution in [2.45, 2.75) is 45.7 Å². The minimum Gasteiger partial charge on any atom is -0.380 e. The molecule has 1 fully saturated rings. The highest BCUT2D eigenvalue weighted by Gasteiger charge is 2.36. The molecule has 1 aliphatic heterocycles. The normalized spacial score (nSPS) is 23.8. The maximum Gasteiger partial charge on any atom is 0.0622 e. The minimum atomic E-state index is -0.152. The van der Waals surface area contributed by atoms with Crippen LogP contribution in [0.5, 0.6) is 0 Å². The summed E-state index contributed by atoms with van der Waals surface area (Å²) in [5.74, 6) is 0. The first-order valence-electron chi connectivity index (χ1n) is 5.81. The summed E-state index contributed by atoms with van der Waals surface area (Å²) in [6, 6.07) is 0.576. The maximum absolute atomic E-state index is 6.20. The third-order valence-electron chi connectivity index (χ3n) is 3.92. The largest absolute Gasteiger partial charge is 0.380 e. The van der Waals surface area contributed by atoms with Crippen LogP contribution in [0.2, 0.25) is 0 Å². The summed E-state index contributed by atoms with van der Waals surface area (Å²) in [7, 11) is 2.17. The van der Waals surface area contributed by atoms with E-state index in [2.05, 4.69) is 39.6 Å². The SMILES string of the molecule is CN(CC(C)(C)C(C)(C)N)C1CCOC1. The molecule has 0 spiro atoms. The smallest absolute Gasteiger partial charge is 0.0622 e. The summed E-state index contributed by atoms with van der Waals surface area (Å²) in [6.07, 6.45) is 1.15. The van der Waals surface area contributed by atoms with Gasteiger partial charge >= 0.3 is 0 Å². The molecule has 0 aliphatic carbocycles. The van der Waals surface area contributed by atoms with Crippen molar-refractivity contribution in [3.05, 3.63) is 0 Å². The molecule has 3 nitrogen and oxygen atoms in total. The lowest BCUT2D eigenvalue weighted by Crippen LogP contribution is -2.53. The lowest BCUT2D eigenvalue weighted by Gasteiger charge is -2.42. The van der Waals surface area contributed by atoms with Gasteiger partial charge in [-0.1, -0.05) is 13.8 Å². The minimum absolute atomic E-state index is 0.115. The van der Waals surface area contributed by atoms with Crippen LogP contribution in [0.3, 0.4) is 0 Å². The summed E-state index contributed by atoms with van der Waals surface area (Å²) in [4.78, 5) is 2.39. The van der Waals surface area contributed by atoms with Crippen molar-refractivity contribution in [3.8, 4) is 0 Å².